The van der Waals surface area contributed by atoms with Crippen LogP contribution >= 0.6 is 0 Å². The minimum Gasteiger partial charge on any atom is -0.479 e. The number of carbonyl (C=O) groups is 3. The zero-order valence-corrected chi connectivity index (χ0v) is 38.9. The predicted octanol–water partition coefficient (Wildman–Crippen LogP) is -0.298. The topological polar surface area (TPSA) is 290 Å². The van der Waals surface area contributed by atoms with E-state index < -0.39 is 150 Å². The molecule has 4 fully saturated rings. The number of Topliss-reactive ketones (excluding diaryl/α,β-unsaturated/α-hetero) is 1. The van der Waals surface area contributed by atoms with Gasteiger partial charge < -0.3 is 83.6 Å². The van der Waals surface area contributed by atoms with Gasteiger partial charge in [0.25, 0.3) is 0 Å². The van der Waals surface area contributed by atoms with Gasteiger partial charge in [0, 0.05) is 37.3 Å². The van der Waals surface area contributed by atoms with Crippen LogP contribution in [0.4, 0.5) is 0 Å². The van der Waals surface area contributed by atoms with Crippen LogP contribution in [0.1, 0.15) is 94.9 Å². The Bertz CT molecular complexity index is 1550. The van der Waals surface area contributed by atoms with E-state index in [1.54, 1.807) is 41.8 Å². The summed E-state index contributed by atoms with van der Waals surface area (Å²) >= 11 is 0. The molecule has 0 aromatic carbocycles. The Morgan fingerprint density at radius 3 is 1.94 bits per heavy atom. The summed E-state index contributed by atoms with van der Waals surface area (Å²) in [6, 6.07) is -0.410. The summed E-state index contributed by atoms with van der Waals surface area (Å²) in [6.45, 7) is 15.6. The summed E-state index contributed by atoms with van der Waals surface area (Å²) in [5.41, 5.74) is -5.41. The molecule has 366 valence electrons. The normalized spacial score (nSPS) is 49.9. The molecule has 4 aliphatic heterocycles. The zero-order valence-electron chi connectivity index (χ0n) is 38.9. The van der Waals surface area contributed by atoms with Crippen LogP contribution in [0, 0.1) is 23.7 Å². The Morgan fingerprint density at radius 2 is 1.38 bits per heavy atom. The third-order valence-electron chi connectivity index (χ3n) is 13.9. The van der Waals surface area contributed by atoms with Crippen molar-refractivity contribution in [2.24, 2.45) is 23.7 Å². The van der Waals surface area contributed by atoms with Gasteiger partial charge in [0.15, 0.2) is 25.0 Å². The lowest BCUT2D eigenvalue weighted by Gasteiger charge is -2.49. The summed E-state index contributed by atoms with van der Waals surface area (Å²) in [4.78, 5) is 43.0. The largest absolute Gasteiger partial charge is 0.479 e. The summed E-state index contributed by atoms with van der Waals surface area (Å²) in [7, 11) is 5.05. The van der Waals surface area contributed by atoms with E-state index in [9.17, 15) is 55.2 Å². The molecule has 4 saturated heterocycles. The van der Waals surface area contributed by atoms with Crippen molar-refractivity contribution in [3.05, 3.63) is 0 Å². The number of carboxylic acid groups (broad SMARTS) is 1. The van der Waals surface area contributed by atoms with Gasteiger partial charge in [-0.25, -0.2) is 4.79 Å². The number of carbonyl (C=O) groups excluding carboxylic acids is 2. The van der Waals surface area contributed by atoms with E-state index in [1.807, 2.05) is 11.8 Å². The Kier molecular flexibility index (Phi) is 17.8. The van der Waals surface area contributed by atoms with E-state index in [0.717, 1.165) is 0 Å². The predicted molar refractivity (Wildman–Crippen MR) is 219 cm³/mol. The van der Waals surface area contributed by atoms with E-state index in [1.165, 1.54) is 41.7 Å². The van der Waals surface area contributed by atoms with Crippen LogP contribution in [0.5, 0.6) is 0 Å². The Balaban J connectivity index is 1.87. The summed E-state index contributed by atoms with van der Waals surface area (Å²) in [6.07, 6.45) is -21.8. The van der Waals surface area contributed by atoms with Gasteiger partial charge >= 0.3 is 11.9 Å². The Labute approximate surface area is 370 Å². The van der Waals surface area contributed by atoms with Gasteiger partial charge in [-0.05, 0) is 74.9 Å². The number of carboxylic acids is 1. The number of cyclic esters (lactones) is 1. The molecule has 0 saturated carbocycles. The zero-order chi connectivity index (χ0) is 47.8. The first-order valence-electron chi connectivity index (χ1n) is 22.0. The summed E-state index contributed by atoms with van der Waals surface area (Å²) < 4.78 is 48.9. The average Bonchev–Trinajstić information content (AvgIpc) is 3.20. The molecule has 0 radical (unpaired) electrons. The monoisotopic (exact) mass is 909 g/mol. The maximum atomic E-state index is 14.6. The van der Waals surface area contributed by atoms with Crippen LogP contribution in [-0.2, 0) is 52.3 Å². The Hall–Kier alpha value is -1.99. The summed E-state index contributed by atoms with van der Waals surface area (Å²) in [5, 5.41) is 89.3. The van der Waals surface area contributed by atoms with E-state index in [0.29, 0.717) is 6.42 Å². The number of ether oxygens (including phenoxy) is 8. The molecule has 23 atom stereocenters. The highest BCUT2D eigenvalue weighted by Crippen LogP contribution is 2.42. The molecule has 20 heteroatoms. The van der Waals surface area contributed by atoms with Gasteiger partial charge in [0.05, 0.1) is 41.5 Å². The van der Waals surface area contributed by atoms with Crippen molar-refractivity contribution < 1.29 is 93.1 Å². The minimum atomic E-state index is -2.30. The lowest BCUT2D eigenvalue weighted by molar-refractivity contribution is -0.326. The van der Waals surface area contributed by atoms with Crippen LogP contribution in [0.2, 0.25) is 0 Å². The van der Waals surface area contributed by atoms with E-state index >= 15 is 0 Å². The van der Waals surface area contributed by atoms with E-state index in [4.69, 9.17) is 37.9 Å². The van der Waals surface area contributed by atoms with Crippen molar-refractivity contribution in [3.8, 4) is 0 Å². The molecule has 8 N–H and O–H groups in total. The van der Waals surface area contributed by atoms with Gasteiger partial charge in [-0.3, -0.25) is 9.59 Å². The van der Waals surface area contributed by atoms with Gasteiger partial charge in [-0.2, -0.15) is 0 Å². The maximum absolute atomic E-state index is 14.6. The van der Waals surface area contributed by atoms with Crippen molar-refractivity contribution >= 4 is 17.7 Å². The highest BCUT2D eigenvalue weighted by Gasteiger charge is 2.56. The number of aliphatic hydroxyl groups is 7. The first kappa shape index (κ1) is 53.6. The summed E-state index contributed by atoms with van der Waals surface area (Å²) in [5.74, 6) is -7.79. The lowest BCUT2D eigenvalue weighted by atomic mass is 9.74. The van der Waals surface area contributed by atoms with Crippen LogP contribution in [-0.4, -0.2) is 200 Å². The van der Waals surface area contributed by atoms with Crippen LogP contribution in [0.25, 0.3) is 0 Å². The highest BCUT2D eigenvalue weighted by atomic mass is 16.7. The number of hydrogen-bond donors (Lipinski definition) is 8. The second-order valence-electron chi connectivity index (χ2n) is 19.3. The molecule has 4 aliphatic rings. The molecule has 0 spiro atoms. The number of likely N-dealkylation sites (N-methyl/N-ethyl adjacent to an activating group) is 1. The number of nitrogens with zero attached hydrogens (tertiary/aromatic N) is 1. The van der Waals surface area contributed by atoms with Crippen LogP contribution < -0.4 is 0 Å². The third-order valence-corrected chi connectivity index (χ3v) is 13.9. The molecular weight excluding hydrogens is 834 g/mol. The number of methoxy groups -OCH3 is 1. The molecule has 20 nitrogen and oxygen atoms in total. The lowest BCUT2D eigenvalue weighted by Crippen LogP contribution is -2.64. The molecule has 5 unspecified atom stereocenters. The second kappa shape index (κ2) is 20.9. The smallest absolute Gasteiger partial charge is 0.335 e. The number of hydrogen-bond acceptors (Lipinski definition) is 19. The van der Waals surface area contributed by atoms with Crippen molar-refractivity contribution in [2.75, 3.05) is 21.2 Å². The fraction of sp³-hybridized carbons (Fsp3) is 0.930. The maximum Gasteiger partial charge on any atom is 0.335 e. The number of rotatable bonds is 10. The number of esters is 1. The van der Waals surface area contributed by atoms with Gasteiger partial charge in [0.2, 0.25) is 0 Å². The first-order valence-corrected chi connectivity index (χ1v) is 22.0. The molecule has 0 aromatic rings. The van der Waals surface area contributed by atoms with Crippen LogP contribution in [0.15, 0.2) is 0 Å². The van der Waals surface area contributed by atoms with Crippen molar-refractivity contribution in [1.29, 1.82) is 0 Å². The molecule has 0 aromatic heterocycles. The van der Waals surface area contributed by atoms with Gasteiger partial charge in [-0.15, -0.1) is 0 Å². The number of aliphatic carboxylic acids is 1. The van der Waals surface area contributed by atoms with Crippen molar-refractivity contribution in [1.82, 2.24) is 4.90 Å². The average molecular weight is 910 g/mol. The Morgan fingerprint density at radius 1 is 0.794 bits per heavy atom. The quantitative estimate of drug-likeness (QED) is 0.131. The first-order chi connectivity index (χ1) is 29.0. The second-order valence-corrected chi connectivity index (χ2v) is 19.3. The molecule has 4 rings (SSSR count). The van der Waals surface area contributed by atoms with Crippen molar-refractivity contribution in [2.45, 2.75) is 210 Å². The standard InChI is InChI=1S/C43H75NO19/c1-14-25-43(10,55)36(63-40-31(49)29(47)30(48)33(61-40)37(51)52)20(4)27(45)18(2)16-41(8,54)35(62-39-28(46)24(44(11)12)15-19(3)57-39)21(5)32(22(6)38(53)59-25)60-26-17-42(9,56-13)34(50)23(7)58-26/h18-26,28-36,39-40,46-50,54-55H,14-17H2,1-13H3,(H,51,52)/t18-,19-,20+,21+,22-,23+,24+,25-,26+,28-,29?,30?,31?,32+,33?,34+,35-,36-,39+,40?,41-,42-,43-/m1/s1. The highest BCUT2D eigenvalue weighted by molar-refractivity contribution is 5.83. The van der Waals surface area contributed by atoms with E-state index in [-0.39, 0.29) is 25.4 Å². The number of aliphatic hydroxyl groups excluding tert-OH is 5. The van der Waals surface area contributed by atoms with Gasteiger partial charge in [-0.1, -0.05) is 27.7 Å². The molecular formula is C43H75NO19. The molecule has 0 aliphatic carbocycles. The molecule has 63 heavy (non-hydrogen) atoms. The SMILES string of the molecule is CC[C@H]1OC(=O)[C@H](C)[C@@H](O[C@H]2C[C@@](C)(OC)[C@@H](O)[C@H](C)O2)[C@H](C)[C@@H](O[C@@H]2O[C@H](C)C[C@H](N(C)C)[C@H]2O)[C@](C)(O)C[C@@H](C)C(=O)[C@H](C)[C@@H](OC2OC(C(=O)O)C(O)C(O)C2O)[C@]1(C)O. The van der Waals surface area contributed by atoms with Crippen LogP contribution in [0.3, 0.4) is 0 Å². The third kappa shape index (κ3) is 11.4. The molecule has 0 bridgehead atoms. The molecule has 0 amide bonds. The molecule has 4 heterocycles. The minimum absolute atomic E-state index is 0.00663. The number of ketones is 1. The fourth-order valence-corrected chi connectivity index (χ4v) is 9.96. The van der Waals surface area contributed by atoms with E-state index in [2.05, 4.69) is 0 Å². The van der Waals surface area contributed by atoms with Crippen molar-refractivity contribution in [3.63, 3.8) is 0 Å². The van der Waals surface area contributed by atoms with Gasteiger partial charge in [0.1, 0.15) is 54.1 Å². The fourth-order valence-electron chi connectivity index (χ4n) is 9.96.